The van der Waals surface area contributed by atoms with Gasteiger partial charge in [-0.25, -0.2) is 4.79 Å². The molecule has 234 valence electrons. The smallest absolute Gasteiger partial charge is 0.341 e. The van der Waals surface area contributed by atoms with Crippen molar-refractivity contribution in [1.29, 1.82) is 0 Å². The van der Waals surface area contributed by atoms with Crippen LogP contribution in [0.2, 0.25) is 0 Å². The molecule has 1 heterocycles. The van der Waals surface area contributed by atoms with Crippen LogP contribution >= 0.6 is 35.3 Å². The average Bonchev–Trinajstić information content (AvgIpc) is 3.36. The molecule has 4 aromatic rings. The number of carbonyl (C=O) groups is 3. The maximum Gasteiger partial charge on any atom is 0.341 e. The Hall–Kier alpha value is -4.39. The van der Waals surface area contributed by atoms with Gasteiger partial charge in [-0.3, -0.25) is 9.59 Å². The summed E-state index contributed by atoms with van der Waals surface area (Å²) < 4.78 is 10.6. The summed E-state index contributed by atoms with van der Waals surface area (Å²) >= 11 is 7.93. The number of methoxy groups -OCH3 is 1. The van der Waals surface area contributed by atoms with E-state index in [4.69, 9.17) is 21.7 Å². The molecule has 0 aliphatic heterocycles. The van der Waals surface area contributed by atoms with Crippen molar-refractivity contribution >= 4 is 80.3 Å². The molecule has 1 atom stereocenters. The number of thiophene rings is 1. The maximum atomic E-state index is 13.6. The Morgan fingerprint density at radius 3 is 2.31 bits per heavy atom. The predicted octanol–water partition coefficient (Wildman–Crippen LogP) is 7.81. The number of amides is 2. The van der Waals surface area contributed by atoms with E-state index < -0.39 is 11.2 Å². The molecule has 0 spiro atoms. The van der Waals surface area contributed by atoms with Crippen LogP contribution in [0.15, 0.2) is 83.8 Å². The van der Waals surface area contributed by atoms with Gasteiger partial charge in [0.2, 0.25) is 5.91 Å². The van der Waals surface area contributed by atoms with Crippen molar-refractivity contribution in [1.82, 2.24) is 0 Å². The van der Waals surface area contributed by atoms with Gasteiger partial charge in [0.05, 0.1) is 35.1 Å². The molecule has 12 heteroatoms. The molecular formula is C33H34N4O5S3. The van der Waals surface area contributed by atoms with Gasteiger partial charge in [0.1, 0.15) is 10.8 Å². The SMILES string of the molecule is CCOC(=O)c1c(NC(=O)C(CC)Sc2cccc(NC(=S)Nc3ccccc3OC)c2)sc(C(=O)Nc2ccccc2)c1C. The summed E-state index contributed by atoms with van der Waals surface area (Å²) in [6, 6.07) is 24.1. The van der Waals surface area contributed by atoms with Crippen molar-refractivity contribution in [2.45, 2.75) is 37.3 Å². The fourth-order valence-electron chi connectivity index (χ4n) is 4.34. The fraction of sp³-hybridized carbons (Fsp3) is 0.212. The van der Waals surface area contributed by atoms with Crippen molar-refractivity contribution in [3.05, 3.63) is 94.9 Å². The number of nitrogens with one attached hydrogen (secondary N) is 4. The Kier molecular flexibility index (Phi) is 12.0. The maximum absolute atomic E-state index is 13.6. The van der Waals surface area contributed by atoms with E-state index >= 15 is 0 Å². The standard InChI is InChI=1S/C33H34N4O5S3/c1-5-26(44-23-16-12-15-22(19-23)35-33(43)36-24-17-10-11-18-25(24)41-4)29(38)37-31-27(32(40)42-6-2)20(3)28(45-31)30(39)34-21-13-8-7-9-14-21/h7-19,26H,5-6H2,1-4H3,(H,34,39)(H,37,38)(H2,35,36,43). The third-order valence-electron chi connectivity index (χ3n) is 6.49. The lowest BCUT2D eigenvalue weighted by Crippen LogP contribution is -2.25. The van der Waals surface area contributed by atoms with E-state index in [0.29, 0.717) is 33.4 Å². The highest BCUT2D eigenvalue weighted by Gasteiger charge is 2.28. The van der Waals surface area contributed by atoms with Crippen LogP contribution in [-0.4, -0.2) is 41.9 Å². The molecule has 3 aromatic carbocycles. The number of hydrogen-bond donors (Lipinski definition) is 4. The molecule has 0 saturated carbocycles. The Balaban J connectivity index is 1.48. The lowest BCUT2D eigenvalue weighted by Gasteiger charge is -2.16. The van der Waals surface area contributed by atoms with E-state index in [0.717, 1.165) is 27.6 Å². The summed E-state index contributed by atoms with van der Waals surface area (Å²) in [5.74, 6) is -0.606. The normalized spacial score (nSPS) is 11.2. The van der Waals surface area contributed by atoms with Crippen molar-refractivity contribution < 1.29 is 23.9 Å². The number of anilines is 4. The highest BCUT2D eigenvalue weighted by molar-refractivity contribution is 8.00. The van der Waals surface area contributed by atoms with Gasteiger partial charge < -0.3 is 30.7 Å². The highest BCUT2D eigenvalue weighted by atomic mass is 32.2. The first-order chi connectivity index (χ1) is 21.7. The molecule has 4 rings (SSSR count). The van der Waals surface area contributed by atoms with Crippen molar-refractivity contribution in [3.63, 3.8) is 0 Å². The second-order valence-corrected chi connectivity index (χ2v) is 12.3. The summed E-state index contributed by atoms with van der Waals surface area (Å²) in [6.07, 6.45) is 0.516. The molecule has 0 bridgehead atoms. The number of ether oxygens (including phenoxy) is 2. The van der Waals surface area contributed by atoms with Gasteiger partial charge in [-0.05, 0) is 80.5 Å². The van der Waals surface area contributed by atoms with Crippen LogP contribution in [0.4, 0.5) is 22.1 Å². The molecule has 45 heavy (non-hydrogen) atoms. The van der Waals surface area contributed by atoms with Gasteiger partial charge >= 0.3 is 5.97 Å². The number of hydrogen-bond acceptors (Lipinski definition) is 8. The summed E-state index contributed by atoms with van der Waals surface area (Å²) in [6.45, 7) is 5.45. The number of rotatable bonds is 12. The number of thioether (sulfide) groups is 1. The zero-order chi connectivity index (χ0) is 32.3. The Morgan fingerprint density at radius 1 is 0.889 bits per heavy atom. The van der Waals surface area contributed by atoms with E-state index in [1.807, 2.05) is 73.7 Å². The van der Waals surface area contributed by atoms with Crippen LogP contribution in [0.3, 0.4) is 0 Å². The highest BCUT2D eigenvalue weighted by Crippen LogP contribution is 2.36. The molecule has 0 radical (unpaired) electrons. The third-order valence-corrected chi connectivity index (χ3v) is 9.26. The Morgan fingerprint density at radius 2 is 1.60 bits per heavy atom. The average molecular weight is 663 g/mol. The minimum absolute atomic E-state index is 0.155. The lowest BCUT2D eigenvalue weighted by atomic mass is 10.1. The zero-order valence-electron chi connectivity index (χ0n) is 25.3. The van der Waals surface area contributed by atoms with E-state index in [1.54, 1.807) is 33.1 Å². The van der Waals surface area contributed by atoms with Crippen molar-refractivity contribution in [3.8, 4) is 5.75 Å². The summed E-state index contributed by atoms with van der Waals surface area (Å²) in [5, 5.41) is 12.2. The zero-order valence-corrected chi connectivity index (χ0v) is 27.7. The van der Waals surface area contributed by atoms with Gasteiger partial charge in [-0.1, -0.05) is 43.3 Å². The fourth-order valence-corrected chi connectivity index (χ4v) is 6.67. The van der Waals surface area contributed by atoms with Gasteiger partial charge in [0.15, 0.2) is 5.11 Å². The van der Waals surface area contributed by atoms with E-state index in [-0.39, 0.29) is 29.0 Å². The molecule has 1 unspecified atom stereocenters. The molecule has 4 N–H and O–H groups in total. The summed E-state index contributed by atoms with van der Waals surface area (Å²) in [4.78, 5) is 40.8. The van der Waals surface area contributed by atoms with Crippen LogP contribution in [0.25, 0.3) is 0 Å². The number of thiocarbonyl (C=S) groups is 1. The van der Waals surface area contributed by atoms with E-state index in [1.165, 1.54) is 11.8 Å². The number of para-hydroxylation sites is 3. The molecule has 1 aromatic heterocycles. The van der Waals surface area contributed by atoms with Crippen LogP contribution in [0.1, 0.15) is 45.9 Å². The minimum Gasteiger partial charge on any atom is -0.495 e. The monoisotopic (exact) mass is 662 g/mol. The Labute approximate surface area is 276 Å². The quantitative estimate of drug-likeness (QED) is 0.0684. The first-order valence-corrected chi connectivity index (χ1v) is 16.3. The van der Waals surface area contributed by atoms with Gasteiger partial charge in [0.25, 0.3) is 5.91 Å². The third kappa shape index (κ3) is 8.84. The first kappa shape index (κ1) is 33.5. The number of benzene rings is 3. The molecular weight excluding hydrogens is 629 g/mol. The second-order valence-electron chi connectivity index (χ2n) is 9.61. The second kappa shape index (κ2) is 16.1. The number of carbonyl (C=O) groups excluding carboxylic acids is 3. The molecule has 0 aliphatic carbocycles. The molecule has 0 fully saturated rings. The molecule has 9 nitrogen and oxygen atoms in total. The largest absolute Gasteiger partial charge is 0.495 e. The van der Waals surface area contributed by atoms with Crippen LogP contribution in [-0.2, 0) is 9.53 Å². The van der Waals surface area contributed by atoms with Crippen molar-refractivity contribution in [2.75, 3.05) is 35.0 Å². The summed E-state index contributed by atoms with van der Waals surface area (Å²) in [5.41, 5.74) is 2.72. The lowest BCUT2D eigenvalue weighted by molar-refractivity contribution is -0.115. The Bertz CT molecular complexity index is 1680. The van der Waals surface area contributed by atoms with E-state index in [9.17, 15) is 14.4 Å². The first-order valence-electron chi connectivity index (χ1n) is 14.2. The van der Waals surface area contributed by atoms with Gasteiger partial charge in [-0.15, -0.1) is 23.1 Å². The molecule has 2 amide bonds. The van der Waals surface area contributed by atoms with E-state index in [2.05, 4.69) is 21.3 Å². The minimum atomic E-state index is -0.600. The predicted molar refractivity (Wildman–Crippen MR) is 187 cm³/mol. The van der Waals surface area contributed by atoms with Crippen molar-refractivity contribution in [2.24, 2.45) is 0 Å². The van der Waals surface area contributed by atoms with Crippen LogP contribution in [0, 0.1) is 6.92 Å². The topological polar surface area (TPSA) is 118 Å². The number of esters is 1. The van der Waals surface area contributed by atoms with Crippen LogP contribution < -0.4 is 26.0 Å². The molecule has 0 saturated heterocycles. The van der Waals surface area contributed by atoms with Gasteiger partial charge in [0, 0.05) is 16.3 Å². The summed E-state index contributed by atoms with van der Waals surface area (Å²) in [7, 11) is 1.59. The van der Waals surface area contributed by atoms with Crippen LogP contribution in [0.5, 0.6) is 5.75 Å². The molecule has 0 aliphatic rings. The van der Waals surface area contributed by atoms with Gasteiger partial charge in [-0.2, -0.15) is 0 Å².